The zero-order valence-electron chi connectivity index (χ0n) is 25.1. The Hall–Kier alpha value is -3.91. The van der Waals surface area contributed by atoms with Crippen molar-refractivity contribution in [1.82, 2.24) is 15.0 Å². The van der Waals surface area contributed by atoms with Crippen LogP contribution in [0.2, 0.25) is 0 Å². The Morgan fingerprint density at radius 3 is 2.14 bits per heavy atom. The lowest BCUT2D eigenvalue weighted by molar-refractivity contribution is 0.00578. The quantitative estimate of drug-likeness (QED) is 0.155. The molecule has 1 aliphatic rings. The highest BCUT2D eigenvalue weighted by atomic mass is 32.1. The maximum atomic E-state index is 5.94. The summed E-state index contributed by atoms with van der Waals surface area (Å²) in [4.78, 5) is 13.9. The second-order valence-electron chi connectivity index (χ2n) is 11.2. The van der Waals surface area contributed by atoms with Crippen LogP contribution in [0.25, 0.3) is 42.9 Å². The van der Waals surface area contributed by atoms with Crippen LogP contribution in [0.3, 0.4) is 0 Å². The summed E-state index contributed by atoms with van der Waals surface area (Å²) < 4.78 is 14.4. The molecule has 1 fully saturated rings. The molecule has 0 atom stereocenters. The van der Waals surface area contributed by atoms with E-state index < -0.39 is 0 Å². The van der Waals surface area contributed by atoms with Gasteiger partial charge in [-0.15, -0.1) is 11.3 Å². The molecule has 7 heteroatoms. The number of hydrogen-bond donors (Lipinski definition) is 0. The molecular formula is C35H36BN3O2S. The minimum Gasteiger partial charge on any atom is -0.399 e. The first-order valence-electron chi connectivity index (χ1n) is 14.1. The molecule has 3 heterocycles. The van der Waals surface area contributed by atoms with E-state index in [2.05, 4.69) is 59.0 Å². The number of aromatic nitrogens is 3. The largest absolute Gasteiger partial charge is 0.494 e. The molecular weight excluding hydrogens is 537 g/mol. The molecule has 1 aliphatic heterocycles. The fourth-order valence-corrected chi connectivity index (χ4v) is 5.97. The third-order valence-corrected chi connectivity index (χ3v) is 8.84. The summed E-state index contributed by atoms with van der Waals surface area (Å²) in [5.41, 5.74) is 2.48. The van der Waals surface area contributed by atoms with Crippen molar-refractivity contribution in [2.45, 2.75) is 52.7 Å². The molecule has 0 unspecified atom stereocenters. The number of allylic oxidation sites excluding steroid dienone is 5. The average molecular weight is 574 g/mol. The van der Waals surface area contributed by atoms with Gasteiger partial charge in [-0.3, -0.25) is 0 Å². The predicted octanol–water partition coefficient (Wildman–Crippen LogP) is 9.19. The Morgan fingerprint density at radius 1 is 0.810 bits per heavy atom. The second kappa shape index (κ2) is 12.1. The van der Waals surface area contributed by atoms with Crippen LogP contribution in [0.5, 0.6) is 0 Å². The van der Waals surface area contributed by atoms with Crippen LogP contribution in [0.1, 0.15) is 40.4 Å². The van der Waals surface area contributed by atoms with Crippen molar-refractivity contribution in [2.24, 2.45) is 0 Å². The molecule has 0 spiro atoms. The standard InChI is InChI=1S/C22H15N3S.C13H21BO2/c1-14-23-21(15-8-3-2-4-9-15)25-22(24-14)18-12-7-11-17-16-10-5-6-13-19(16)26-20(17)18;1-7-9-11(10-8-2)14-15-12(3,4)13(5,6)16-14/h2-13H,1H3;7-10H,1H2,2-6H3/b;10-8-,11-9+. The zero-order chi connectivity index (χ0) is 29.9. The van der Waals surface area contributed by atoms with Crippen molar-refractivity contribution in [2.75, 3.05) is 0 Å². The fraction of sp³-hybridized carbons (Fsp3) is 0.229. The summed E-state index contributed by atoms with van der Waals surface area (Å²) in [6, 6.07) is 24.9. The number of fused-ring (bicyclic) bond motifs is 3. The van der Waals surface area contributed by atoms with Gasteiger partial charge < -0.3 is 9.31 Å². The number of aryl methyl sites for hydroxylation is 1. The van der Waals surface area contributed by atoms with Crippen molar-refractivity contribution in [1.29, 1.82) is 0 Å². The van der Waals surface area contributed by atoms with Gasteiger partial charge in [0.2, 0.25) is 0 Å². The van der Waals surface area contributed by atoms with Gasteiger partial charge in [0.1, 0.15) is 5.82 Å². The number of benzene rings is 3. The van der Waals surface area contributed by atoms with Crippen LogP contribution >= 0.6 is 11.3 Å². The number of hydrogen-bond acceptors (Lipinski definition) is 6. The van der Waals surface area contributed by atoms with Gasteiger partial charge in [0.25, 0.3) is 0 Å². The first-order chi connectivity index (χ1) is 20.1. The van der Waals surface area contributed by atoms with Crippen molar-refractivity contribution in [3.8, 4) is 22.8 Å². The summed E-state index contributed by atoms with van der Waals surface area (Å²) in [7, 11) is -0.306. The molecule has 0 amide bonds. The maximum Gasteiger partial charge on any atom is 0.494 e. The van der Waals surface area contributed by atoms with Gasteiger partial charge in [0.05, 0.1) is 11.2 Å². The van der Waals surface area contributed by atoms with Crippen LogP contribution in [0.4, 0.5) is 0 Å². The molecule has 2 aromatic heterocycles. The molecule has 0 saturated carbocycles. The number of rotatable bonds is 5. The number of nitrogens with zero attached hydrogens (tertiary/aromatic N) is 3. The van der Waals surface area contributed by atoms with Gasteiger partial charge in [-0.2, -0.15) is 0 Å². The van der Waals surface area contributed by atoms with Gasteiger partial charge >= 0.3 is 7.12 Å². The highest BCUT2D eigenvalue weighted by Crippen LogP contribution is 2.40. The molecule has 0 N–H and O–H groups in total. The third kappa shape index (κ3) is 6.00. The minimum atomic E-state index is -0.306. The van der Waals surface area contributed by atoms with Crippen LogP contribution in [0, 0.1) is 6.92 Å². The molecule has 3 aromatic carbocycles. The summed E-state index contributed by atoms with van der Waals surface area (Å²) in [5.74, 6) is 2.17. The van der Waals surface area contributed by atoms with Gasteiger partial charge in [-0.05, 0) is 59.1 Å². The second-order valence-corrected chi connectivity index (χ2v) is 12.2. The fourth-order valence-electron chi connectivity index (χ4n) is 4.76. The van der Waals surface area contributed by atoms with E-state index in [1.165, 1.54) is 20.2 Å². The average Bonchev–Trinajstić information content (AvgIpc) is 3.46. The molecule has 42 heavy (non-hydrogen) atoms. The zero-order valence-corrected chi connectivity index (χ0v) is 25.9. The van der Waals surface area contributed by atoms with E-state index in [0.29, 0.717) is 5.82 Å². The highest BCUT2D eigenvalue weighted by Gasteiger charge is 2.51. The molecule has 0 aliphatic carbocycles. The monoisotopic (exact) mass is 573 g/mol. The molecule has 5 nitrogen and oxygen atoms in total. The van der Waals surface area contributed by atoms with Crippen LogP contribution in [-0.4, -0.2) is 33.3 Å². The Labute approximate surface area is 252 Å². The van der Waals surface area contributed by atoms with E-state index in [4.69, 9.17) is 14.3 Å². The molecule has 1 saturated heterocycles. The summed E-state index contributed by atoms with van der Waals surface area (Å²) in [6.45, 7) is 15.8. The van der Waals surface area contributed by atoms with Crippen LogP contribution < -0.4 is 0 Å². The topological polar surface area (TPSA) is 57.1 Å². The van der Waals surface area contributed by atoms with E-state index in [1.807, 2.05) is 90.1 Å². The van der Waals surface area contributed by atoms with Gasteiger partial charge in [0.15, 0.2) is 11.6 Å². The lowest BCUT2D eigenvalue weighted by atomic mass is 9.77. The number of thiophene rings is 1. The Morgan fingerprint density at radius 2 is 1.45 bits per heavy atom. The van der Waals surface area contributed by atoms with E-state index in [-0.39, 0.29) is 18.3 Å². The Kier molecular flexibility index (Phi) is 8.55. The van der Waals surface area contributed by atoms with E-state index in [0.717, 1.165) is 28.2 Å². The van der Waals surface area contributed by atoms with Crippen LogP contribution in [0.15, 0.2) is 109 Å². The van der Waals surface area contributed by atoms with Gasteiger partial charge in [-0.25, -0.2) is 15.0 Å². The first-order valence-corrected chi connectivity index (χ1v) is 14.9. The summed E-state index contributed by atoms with van der Waals surface area (Å²) in [6.07, 6.45) is 7.63. The van der Waals surface area contributed by atoms with Crippen molar-refractivity contribution >= 4 is 38.6 Å². The first kappa shape index (κ1) is 29.6. The Balaban J connectivity index is 0.000000191. The molecule has 212 valence electrons. The molecule has 0 bridgehead atoms. The van der Waals surface area contributed by atoms with Gasteiger partial charge in [0, 0.05) is 31.3 Å². The highest BCUT2D eigenvalue weighted by molar-refractivity contribution is 7.26. The van der Waals surface area contributed by atoms with Crippen molar-refractivity contribution in [3.63, 3.8) is 0 Å². The summed E-state index contributed by atoms with van der Waals surface area (Å²) >= 11 is 1.79. The SMILES string of the molecule is C=C/C=C(\C=C/C)B1OC(C)(C)C(C)(C)O1.Cc1nc(-c2ccccc2)nc(-c2cccc3c2sc2ccccc23)n1. The van der Waals surface area contributed by atoms with Crippen molar-refractivity contribution < 1.29 is 9.31 Å². The molecule has 5 aromatic rings. The molecule has 0 radical (unpaired) electrons. The van der Waals surface area contributed by atoms with Crippen molar-refractivity contribution in [3.05, 3.63) is 115 Å². The maximum absolute atomic E-state index is 5.94. The normalized spacial score (nSPS) is 16.1. The minimum absolute atomic E-state index is 0.292. The lowest BCUT2D eigenvalue weighted by Crippen LogP contribution is -2.41. The lowest BCUT2D eigenvalue weighted by Gasteiger charge is -2.32. The van der Waals surface area contributed by atoms with E-state index >= 15 is 0 Å². The predicted molar refractivity (Wildman–Crippen MR) is 178 cm³/mol. The van der Waals surface area contributed by atoms with E-state index in [9.17, 15) is 0 Å². The van der Waals surface area contributed by atoms with Crippen LogP contribution in [-0.2, 0) is 9.31 Å². The summed E-state index contributed by atoms with van der Waals surface area (Å²) in [5, 5.41) is 2.53. The third-order valence-electron chi connectivity index (χ3n) is 7.62. The smallest absolute Gasteiger partial charge is 0.399 e. The van der Waals surface area contributed by atoms with E-state index in [1.54, 1.807) is 17.4 Å². The molecule has 6 rings (SSSR count). The Bertz CT molecular complexity index is 1770. The van der Waals surface area contributed by atoms with Gasteiger partial charge in [-0.1, -0.05) is 91.5 Å².